The largest absolute Gasteiger partial charge is 0.497 e. The van der Waals surface area contributed by atoms with Gasteiger partial charge in [0, 0.05) is 11.3 Å². The van der Waals surface area contributed by atoms with Gasteiger partial charge in [0.2, 0.25) is 5.91 Å². The summed E-state index contributed by atoms with van der Waals surface area (Å²) in [6, 6.07) is 24.0. The highest BCUT2D eigenvalue weighted by Crippen LogP contribution is 2.46. The molecule has 3 atom stereocenters. The van der Waals surface area contributed by atoms with E-state index in [4.69, 9.17) is 4.74 Å². The zero-order chi connectivity index (χ0) is 27.5. The Morgan fingerprint density at radius 3 is 2.18 bits per heavy atom. The van der Waals surface area contributed by atoms with Gasteiger partial charge in [-0.3, -0.25) is 9.59 Å². The highest BCUT2D eigenvalue weighted by atomic mass is 19.1. The van der Waals surface area contributed by atoms with Crippen LogP contribution in [0.3, 0.4) is 0 Å². The number of carbonyl (C=O) groups excluding carboxylic acids is 2. The van der Waals surface area contributed by atoms with Crippen LogP contribution in [0, 0.1) is 17.6 Å². The van der Waals surface area contributed by atoms with Gasteiger partial charge >= 0.3 is 0 Å². The third-order valence-corrected chi connectivity index (χ3v) is 7.28. The van der Waals surface area contributed by atoms with Crippen molar-refractivity contribution in [3.05, 3.63) is 119 Å². The molecule has 39 heavy (non-hydrogen) atoms. The number of aldehydes is 1. The van der Waals surface area contributed by atoms with Crippen LogP contribution in [0.4, 0.5) is 14.5 Å². The number of amides is 1. The van der Waals surface area contributed by atoms with Crippen molar-refractivity contribution in [2.24, 2.45) is 5.92 Å². The summed E-state index contributed by atoms with van der Waals surface area (Å²) in [6.07, 6.45) is 0.690. The van der Waals surface area contributed by atoms with E-state index in [-0.39, 0.29) is 17.8 Å². The monoisotopic (exact) mass is 527 g/mol. The van der Waals surface area contributed by atoms with Gasteiger partial charge < -0.3 is 14.7 Å². The number of hydrogen-bond acceptors (Lipinski definition) is 4. The number of benzene rings is 4. The maximum Gasteiger partial charge on any atom is 0.233 e. The molecular weight excluding hydrogens is 500 g/mol. The summed E-state index contributed by atoms with van der Waals surface area (Å²) in [5.74, 6) is -0.661. The Hall–Kier alpha value is -4.36. The maximum absolute atomic E-state index is 13.6. The zero-order valence-corrected chi connectivity index (χ0v) is 21.3. The number of aliphatic hydroxyl groups excluding tert-OH is 1. The van der Waals surface area contributed by atoms with E-state index in [1.807, 2.05) is 24.3 Å². The summed E-state index contributed by atoms with van der Waals surface area (Å²) < 4.78 is 32.2. The van der Waals surface area contributed by atoms with Gasteiger partial charge in [-0.2, -0.15) is 0 Å². The molecule has 1 aliphatic rings. The first-order valence-electron chi connectivity index (χ1n) is 12.7. The number of anilines is 1. The first kappa shape index (κ1) is 26.3. The summed E-state index contributed by atoms with van der Waals surface area (Å²) in [6.45, 7) is 0. The van der Waals surface area contributed by atoms with Crippen molar-refractivity contribution in [1.82, 2.24) is 0 Å². The molecule has 1 N–H and O–H groups in total. The molecule has 0 aromatic heterocycles. The van der Waals surface area contributed by atoms with Gasteiger partial charge in [-0.05, 0) is 89.7 Å². The molecule has 1 heterocycles. The van der Waals surface area contributed by atoms with Crippen molar-refractivity contribution < 1.29 is 28.2 Å². The van der Waals surface area contributed by atoms with Crippen molar-refractivity contribution in [2.45, 2.75) is 25.0 Å². The predicted molar refractivity (Wildman–Crippen MR) is 145 cm³/mol. The van der Waals surface area contributed by atoms with Gasteiger partial charge in [0.25, 0.3) is 0 Å². The van der Waals surface area contributed by atoms with Crippen molar-refractivity contribution in [1.29, 1.82) is 0 Å². The van der Waals surface area contributed by atoms with Crippen molar-refractivity contribution in [3.63, 3.8) is 0 Å². The fourth-order valence-electron chi connectivity index (χ4n) is 5.16. The quantitative estimate of drug-likeness (QED) is 0.195. The topological polar surface area (TPSA) is 66.8 Å². The summed E-state index contributed by atoms with van der Waals surface area (Å²) in [5, 5.41) is 10.7. The molecule has 7 heteroatoms. The van der Waals surface area contributed by atoms with Crippen LogP contribution in [0.1, 0.15) is 46.5 Å². The zero-order valence-electron chi connectivity index (χ0n) is 21.3. The number of ether oxygens (including phenoxy) is 1. The third kappa shape index (κ3) is 5.31. The van der Waals surface area contributed by atoms with Crippen molar-refractivity contribution >= 4 is 17.9 Å². The average Bonchev–Trinajstić information content (AvgIpc) is 2.97. The lowest BCUT2D eigenvalue weighted by Crippen LogP contribution is -2.55. The van der Waals surface area contributed by atoms with Gasteiger partial charge in [-0.1, -0.05) is 36.4 Å². The van der Waals surface area contributed by atoms with E-state index in [2.05, 4.69) is 0 Å². The van der Waals surface area contributed by atoms with E-state index < -0.39 is 17.8 Å². The first-order valence-corrected chi connectivity index (χ1v) is 12.7. The Morgan fingerprint density at radius 2 is 1.56 bits per heavy atom. The second-order valence-electron chi connectivity index (χ2n) is 9.57. The summed E-state index contributed by atoms with van der Waals surface area (Å²) in [7, 11) is 1.56. The van der Waals surface area contributed by atoms with E-state index in [1.165, 1.54) is 36.4 Å². The van der Waals surface area contributed by atoms with Gasteiger partial charge in [-0.15, -0.1) is 0 Å². The Labute approximate surface area is 225 Å². The van der Waals surface area contributed by atoms with Crippen molar-refractivity contribution in [2.75, 3.05) is 12.0 Å². The minimum absolute atomic E-state index is 0.113. The normalized spacial score (nSPS) is 17.4. The van der Waals surface area contributed by atoms with E-state index in [1.54, 1.807) is 42.3 Å². The van der Waals surface area contributed by atoms with Crippen LogP contribution < -0.4 is 9.64 Å². The first-order chi connectivity index (χ1) is 18.9. The number of halogens is 2. The number of nitrogens with zero attached hydrogens (tertiary/aromatic N) is 1. The molecule has 5 nitrogen and oxygen atoms in total. The summed E-state index contributed by atoms with van der Waals surface area (Å²) in [5.41, 5.74) is 4.13. The Kier molecular flexibility index (Phi) is 7.52. The Bertz CT molecular complexity index is 1470. The van der Waals surface area contributed by atoms with E-state index in [0.717, 1.165) is 23.0 Å². The summed E-state index contributed by atoms with van der Waals surface area (Å²) in [4.78, 5) is 26.6. The maximum atomic E-state index is 13.6. The minimum atomic E-state index is -0.837. The molecule has 0 spiro atoms. The second kappa shape index (κ2) is 11.2. The van der Waals surface area contributed by atoms with Crippen molar-refractivity contribution in [3.8, 4) is 16.9 Å². The molecule has 1 saturated heterocycles. The van der Waals surface area contributed by atoms with Crippen LogP contribution in [-0.4, -0.2) is 24.4 Å². The predicted octanol–water partition coefficient (Wildman–Crippen LogP) is 6.67. The molecule has 198 valence electrons. The number of β-lactam (4-membered cyclic amide) rings is 1. The average molecular weight is 528 g/mol. The van der Waals surface area contributed by atoms with Crippen LogP contribution in [0.25, 0.3) is 11.1 Å². The van der Waals surface area contributed by atoms with Crippen LogP contribution in [0.15, 0.2) is 91.0 Å². The fraction of sp³-hybridized carbons (Fsp3) is 0.188. The van der Waals surface area contributed by atoms with Gasteiger partial charge in [0.05, 0.1) is 25.2 Å². The van der Waals surface area contributed by atoms with Crippen LogP contribution in [0.5, 0.6) is 5.75 Å². The lowest BCUT2D eigenvalue weighted by molar-refractivity contribution is -0.131. The molecule has 0 bridgehead atoms. The van der Waals surface area contributed by atoms with Crippen LogP contribution in [-0.2, 0) is 4.79 Å². The standard InChI is InChI=1S/C32H27F2NO4/c1-39-27-15-8-23(19-36)29(18-27)20-2-4-22(5-3-20)31-28(16-17-30(37)21-6-9-24(33)10-7-21)32(38)35(31)26-13-11-25(34)12-14-26/h2-15,18-19,28,30-31,37H,16-17H2,1H3/t28-,30+,31-/m1/s1. The molecule has 1 amide bonds. The van der Waals surface area contributed by atoms with Crippen LogP contribution >= 0.6 is 0 Å². The molecule has 1 fully saturated rings. The van der Waals surface area contributed by atoms with E-state index in [9.17, 15) is 23.5 Å². The number of aliphatic hydroxyl groups is 1. The lowest BCUT2D eigenvalue weighted by atomic mass is 9.78. The van der Waals surface area contributed by atoms with E-state index >= 15 is 0 Å². The van der Waals surface area contributed by atoms with Crippen LogP contribution in [0.2, 0.25) is 0 Å². The molecule has 0 unspecified atom stereocenters. The second-order valence-corrected chi connectivity index (χ2v) is 9.57. The number of hydrogen-bond donors (Lipinski definition) is 1. The van der Waals surface area contributed by atoms with Gasteiger partial charge in [0.1, 0.15) is 17.4 Å². The Morgan fingerprint density at radius 1 is 0.923 bits per heavy atom. The van der Waals surface area contributed by atoms with Gasteiger partial charge in [0.15, 0.2) is 6.29 Å². The van der Waals surface area contributed by atoms with E-state index in [0.29, 0.717) is 35.4 Å². The highest BCUT2D eigenvalue weighted by Gasteiger charge is 2.48. The highest BCUT2D eigenvalue weighted by molar-refractivity contribution is 6.03. The summed E-state index contributed by atoms with van der Waals surface area (Å²) >= 11 is 0. The molecule has 0 saturated carbocycles. The molecule has 5 rings (SSSR count). The SMILES string of the molecule is COc1ccc(C=O)c(-c2ccc([C@@H]3[C@@H](CC[C@H](O)c4ccc(F)cc4)C(=O)N3c3ccc(F)cc3)cc2)c1. The Balaban J connectivity index is 1.43. The lowest BCUT2D eigenvalue weighted by Gasteiger charge is -2.48. The molecule has 1 aliphatic heterocycles. The fourth-order valence-corrected chi connectivity index (χ4v) is 5.16. The number of methoxy groups -OCH3 is 1. The molecule has 4 aromatic rings. The molecule has 4 aromatic carbocycles. The smallest absolute Gasteiger partial charge is 0.233 e. The molecular formula is C32H27F2NO4. The number of rotatable bonds is 9. The van der Waals surface area contributed by atoms with Gasteiger partial charge in [-0.25, -0.2) is 8.78 Å². The third-order valence-electron chi connectivity index (χ3n) is 7.28. The minimum Gasteiger partial charge on any atom is -0.497 e. The number of carbonyl (C=O) groups is 2. The molecule has 0 radical (unpaired) electrons. The molecule has 0 aliphatic carbocycles.